The molecule has 186 valence electrons. The van der Waals surface area contributed by atoms with Gasteiger partial charge in [-0.2, -0.15) is 0 Å². The third-order valence-electron chi connectivity index (χ3n) is 6.24. The minimum absolute atomic E-state index is 0.0835. The number of nitrogens with one attached hydrogen (secondary N) is 2. The highest BCUT2D eigenvalue weighted by molar-refractivity contribution is 6.36. The van der Waals surface area contributed by atoms with Gasteiger partial charge in [0.25, 0.3) is 11.8 Å². The van der Waals surface area contributed by atoms with Crippen LogP contribution in [0, 0.1) is 0 Å². The number of hydrogen-bond acceptors (Lipinski definition) is 8. The molecule has 2 aliphatic rings. The van der Waals surface area contributed by atoms with Gasteiger partial charge in [0.1, 0.15) is 0 Å². The standard InChI is InChI=1S/C27H23ClN6O3/c28-20-11-6-10-19-22(17-7-2-1-3-8-17)29-24(25(35)30-23(19)20)31-27-33-32-26(37-27)18-9-4-5-12-21(18)34-13-15-36-16-14-34/h1-12,24H,13-16H2,(H,30,35)(H,31,33)/t24-/m1/s1. The van der Waals surface area contributed by atoms with Gasteiger partial charge in [0, 0.05) is 29.9 Å². The number of anilines is 3. The van der Waals surface area contributed by atoms with E-state index in [1.165, 1.54) is 0 Å². The van der Waals surface area contributed by atoms with E-state index in [-0.39, 0.29) is 6.01 Å². The van der Waals surface area contributed by atoms with Crippen molar-refractivity contribution in [1.82, 2.24) is 10.2 Å². The summed E-state index contributed by atoms with van der Waals surface area (Å²) < 4.78 is 11.5. The fourth-order valence-electron chi connectivity index (χ4n) is 4.46. The summed E-state index contributed by atoms with van der Waals surface area (Å²) in [7, 11) is 0. The summed E-state index contributed by atoms with van der Waals surface area (Å²) in [5.41, 5.74) is 4.49. The van der Waals surface area contributed by atoms with E-state index in [1.54, 1.807) is 6.07 Å². The van der Waals surface area contributed by atoms with Gasteiger partial charge in [0.05, 0.1) is 35.2 Å². The van der Waals surface area contributed by atoms with E-state index < -0.39 is 12.1 Å². The summed E-state index contributed by atoms with van der Waals surface area (Å²) in [5, 5.41) is 14.7. The maximum Gasteiger partial charge on any atom is 0.317 e. The van der Waals surface area contributed by atoms with Gasteiger partial charge in [0.15, 0.2) is 0 Å². The van der Waals surface area contributed by atoms with Crippen LogP contribution in [0.3, 0.4) is 0 Å². The minimum Gasteiger partial charge on any atom is -0.403 e. The van der Waals surface area contributed by atoms with E-state index in [2.05, 4.69) is 25.7 Å². The lowest BCUT2D eigenvalue weighted by Crippen LogP contribution is -2.36. The van der Waals surface area contributed by atoms with Crippen molar-refractivity contribution in [3.8, 4) is 11.5 Å². The molecule has 1 amide bonds. The van der Waals surface area contributed by atoms with Crippen LogP contribution in [0.4, 0.5) is 17.4 Å². The summed E-state index contributed by atoms with van der Waals surface area (Å²) in [6, 6.07) is 23.0. The minimum atomic E-state index is -1.03. The van der Waals surface area contributed by atoms with E-state index >= 15 is 0 Å². The number of benzene rings is 3. The van der Waals surface area contributed by atoms with Crippen LogP contribution in [0.5, 0.6) is 0 Å². The van der Waals surface area contributed by atoms with Crippen molar-refractivity contribution in [2.24, 2.45) is 4.99 Å². The Morgan fingerprint density at radius 2 is 1.68 bits per heavy atom. The molecule has 37 heavy (non-hydrogen) atoms. The van der Waals surface area contributed by atoms with Gasteiger partial charge >= 0.3 is 6.01 Å². The number of amides is 1. The van der Waals surface area contributed by atoms with Gasteiger partial charge < -0.3 is 24.7 Å². The lowest BCUT2D eigenvalue weighted by atomic mass is 10.0. The molecule has 3 heterocycles. The number of aliphatic imine (C=N–C) groups is 1. The van der Waals surface area contributed by atoms with E-state index in [0.29, 0.717) is 35.5 Å². The Balaban J connectivity index is 1.33. The van der Waals surface area contributed by atoms with Crippen molar-refractivity contribution in [3.63, 3.8) is 0 Å². The number of rotatable bonds is 5. The number of nitrogens with zero attached hydrogens (tertiary/aromatic N) is 4. The number of morpholine rings is 1. The number of para-hydroxylation sites is 2. The number of benzodiazepines with no additional fused rings is 1. The second-order valence-electron chi connectivity index (χ2n) is 8.57. The molecule has 1 fully saturated rings. The van der Waals surface area contributed by atoms with Crippen molar-refractivity contribution < 1.29 is 13.9 Å². The summed E-state index contributed by atoms with van der Waals surface area (Å²) in [4.78, 5) is 20.2. The van der Waals surface area contributed by atoms with Crippen LogP contribution in [0.15, 0.2) is 82.2 Å². The largest absolute Gasteiger partial charge is 0.403 e. The maximum atomic E-state index is 13.2. The highest BCUT2D eigenvalue weighted by Crippen LogP contribution is 2.33. The Bertz CT molecular complexity index is 1470. The Morgan fingerprint density at radius 1 is 0.919 bits per heavy atom. The third kappa shape index (κ3) is 4.66. The second kappa shape index (κ2) is 10.0. The average molecular weight is 515 g/mol. The Morgan fingerprint density at radius 3 is 2.51 bits per heavy atom. The molecule has 10 heteroatoms. The zero-order valence-corrected chi connectivity index (χ0v) is 20.5. The highest BCUT2D eigenvalue weighted by atomic mass is 35.5. The van der Waals surface area contributed by atoms with Crippen LogP contribution >= 0.6 is 11.6 Å². The number of carbonyl (C=O) groups is 1. The SMILES string of the molecule is O=C1Nc2c(Cl)cccc2C(c2ccccc2)=N[C@@H]1Nc1nnc(-c2ccccc2N2CCOCC2)o1. The predicted molar refractivity (Wildman–Crippen MR) is 142 cm³/mol. The highest BCUT2D eigenvalue weighted by Gasteiger charge is 2.29. The van der Waals surface area contributed by atoms with Gasteiger partial charge in [-0.25, -0.2) is 4.99 Å². The van der Waals surface area contributed by atoms with Crippen LogP contribution in [0.2, 0.25) is 5.02 Å². The van der Waals surface area contributed by atoms with Gasteiger partial charge in [-0.05, 0) is 18.2 Å². The Labute approximate surface area is 218 Å². The maximum absolute atomic E-state index is 13.2. The van der Waals surface area contributed by atoms with Crippen LogP contribution in [0.25, 0.3) is 11.5 Å². The van der Waals surface area contributed by atoms with Crippen LogP contribution < -0.4 is 15.5 Å². The lowest BCUT2D eigenvalue weighted by molar-refractivity contribution is -0.116. The quantitative estimate of drug-likeness (QED) is 0.405. The first-order valence-electron chi connectivity index (χ1n) is 11.9. The number of aromatic nitrogens is 2. The molecule has 0 unspecified atom stereocenters. The van der Waals surface area contributed by atoms with Crippen molar-refractivity contribution in [2.75, 3.05) is 41.8 Å². The first kappa shape index (κ1) is 23.2. The summed E-state index contributed by atoms with van der Waals surface area (Å²) in [6.07, 6.45) is -1.03. The molecule has 9 nitrogen and oxygen atoms in total. The molecule has 0 spiro atoms. The fourth-order valence-corrected chi connectivity index (χ4v) is 4.68. The zero-order chi connectivity index (χ0) is 25.2. The Kier molecular flexibility index (Phi) is 6.30. The van der Waals surface area contributed by atoms with Crippen molar-refractivity contribution in [2.45, 2.75) is 6.17 Å². The number of ether oxygens (including phenoxy) is 1. The second-order valence-corrected chi connectivity index (χ2v) is 8.98. The molecule has 1 saturated heterocycles. The summed E-state index contributed by atoms with van der Waals surface area (Å²) in [5.74, 6) is -0.0500. The molecule has 4 aromatic rings. The van der Waals surface area contributed by atoms with Crippen molar-refractivity contribution in [1.29, 1.82) is 0 Å². The van der Waals surface area contributed by atoms with Gasteiger partial charge in [-0.15, -0.1) is 5.10 Å². The van der Waals surface area contributed by atoms with E-state index in [0.717, 1.165) is 35.5 Å². The van der Waals surface area contributed by atoms with E-state index in [1.807, 2.05) is 66.7 Å². The van der Waals surface area contributed by atoms with Gasteiger partial charge in [0.2, 0.25) is 6.17 Å². The summed E-state index contributed by atoms with van der Waals surface area (Å²) in [6.45, 7) is 2.88. The van der Waals surface area contributed by atoms with Crippen molar-refractivity contribution >= 4 is 40.6 Å². The molecule has 2 aliphatic heterocycles. The molecule has 0 radical (unpaired) electrons. The average Bonchev–Trinajstić information content (AvgIpc) is 3.36. The molecule has 0 saturated carbocycles. The zero-order valence-electron chi connectivity index (χ0n) is 19.7. The fraction of sp³-hybridized carbons (Fsp3) is 0.185. The van der Waals surface area contributed by atoms with Crippen LogP contribution in [-0.4, -0.2) is 54.3 Å². The number of halogens is 1. The molecular weight excluding hydrogens is 492 g/mol. The number of carbonyl (C=O) groups excluding carboxylic acids is 1. The van der Waals surface area contributed by atoms with Crippen LogP contribution in [0.1, 0.15) is 11.1 Å². The first-order valence-corrected chi connectivity index (χ1v) is 12.3. The lowest BCUT2D eigenvalue weighted by Gasteiger charge is -2.29. The molecule has 2 N–H and O–H groups in total. The van der Waals surface area contributed by atoms with Gasteiger partial charge in [-0.3, -0.25) is 4.79 Å². The van der Waals surface area contributed by atoms with Gasteiger partial charge in [-0.1, -0.05) is 71.3 Å². The molecule has 0 bridgehead atoms. The van der Waals surface area contributed by atoms with E-state index in [4.69, 9.17) is 25.7 Å². The third-order valence-corrected chi connectivity index (χ3v) is 6.56. The number of fused-ring (bicyclic) bond motifs is 1. The molecule has 3 aromatic carbocycles. The Hall–Kier alpha value is -4.21. The predicted octanol–water partition coefficient (Wildman–Crippen LogP) is 4.45. The topological polar surface area (TPSA) is 105 Å². The molecule has 0 aliphatic carbocycles. The van der Waals surface area contributed by atoms with E-state index in [9.17, 15) is 4.79 Å². The molecular formula is C27H23ClN6O3. The number of hydrogen-bond donors (Lipinski definition) is 2. The molecule has 1 atom stereocenters. The first-order chi connectivity index (χ1) is 18.2. The molecule has 6 rings (SSSR count). The monoisotopic (exact) mass is 514 g/mol. The molecule has 1 aromatic heterocycles. The van der Waals surface area contributed by atoms with Crippen LogP contribution in [-0.2, 0) is 9.53 Å². The summed E-state index contributed by atoms with van der Waals surface area (Å²) >= 11 is 6.45. The van der Waals surface area contributed by atoms with Crippen molar-refractivity contribution in [3.05, 3.63) is 88.9 Å². The normalized spacial score (nSPS) is 17.4. The smallest absolute Gasteiger partial charge is 0.317 e.